The van der Waals surface area contributed by atoms with E-state index in [1.165, 1.54) is 43.8 Å². The molecule has 11 nitrogen and oxygen atoms in total. The molecule has 3 heterocycles. The summed E-state index contributed by atoms with van der Waals surface area (Å²) in [6.45, 7) is 1.35. The van der Waals surface area contributed by atoms with Crippen molar-refractivity contribution in [2.24, 2.45) is 0 Å². The molecule has 3 aromatic heterocycles. The fourth-order valence-corrected chi connectivity index (χ4v) is 3.99. The average molecular weight is 479 g/mol. The molecule has 0 bridgehead atoms. The molecule has 0 unspecified atom stereocenters. The minimum atomic E-state index is -1.97. The Kier molecular flexibility index (Phi) is 5.53. The molecule has 35 heavy (non-hydrogen) atoms. The number of aliphatic hydroxyl groups is 1. The maximum atomic E-state index is 14.8. The van der Waals surface area contributed by atoms with Gasteiger partial charge in [-0.25, -0.2) is 23.2 Å². The van der Waals surface area contributed by atoms with Gasteiger partial charge in [-0.05, 0) is 42.5 Å². The fourth-order valence-electron chi connectivity index (χ4n) is 3.99. The Hall–Kier alpha value is -4.52. The molecular formula is C22H19F2N9O2. The van der Waals surface area contributed by atoms with Crippen molar-refractivity contribution in [1.29, 1.82) is 0 Å². The van der Waals surface area contributed by atoms with E-state index in [1.807, 2.05) is 0 Å². The monoisotopic (exact) mass is 479 g/mol. The van der Waals surface area contributed by atoms with Crippen molar-refractivity contribution < 1.29 is 13.9 Å². The molecule has 0 amide bonds. The van der Waals surface area contributed by atoms with Gasteiger partial charge in [0.15, 0.2) is 6.33 Å². The van der Waals surface area contributed by atoms with E-state index in [2.05, 4.69) is 25.5 Å². The highest BCUT2D eigenvalue weighted by Crippen LogP contribution is 2.36. The maximum absolute atomic E-state index is 14.8. The lowest BCUT2D eigenvalue weighted by Gasteiger charge is -2.35. The zero-order valence-electron chi connectivity index (χ0n) is 18.3. The zero-order chi connectivity index (χ0) is 24.6. The number of hydrogen-bond acceptors (Lipinski definition) is 7. The molecule has 5 aromatic rings. The molecule has 0 saturated carbocycles. The summed E-state index contributed by atoms with van der Waals surface area (Å²) in [5, 5.41) is 27.2. The van der Waals surface area contributed by atoms with Crippen LogP contribution in [0.25, 0.3) is 11.4 Å². The van der Waals surface area contributed by atoms with E-state index in [1.54, 1.807) is 37.4 Å². The number of rotatable bonds is 7. The first-order chi connectivity index (χ1) is 16.9. The molecule has 0 aliphatic rings. The second-order valence-electron chi connectivity index (χ2n) is 7.92. The summed E-state index contributed by atoms with van der Waals surface area (Å²) in [6.07, 6.45) is 6.97. The Labute approximate surface area is 196 Å². The lowest BCUT2D eigenvalue weighted by atomic mass is 9.86. The van der Waals surface area contributed by atoms with Gasteiger partial charge in [-0.15, -0.1) is 15.0 Å². The number of imidazole rings is 1. The summed E-state index contributed by atoms with van der Waals surface area (Å²) < 4.78 is 32.4. The standard InChI is InChI=1S/C22H19F2N9O2/c1-15(22(35,11-30-14-25-12-27-30)19-7-2-16(23)10-20(19)24)31-8-9-32(21(31)34)17-3-5-18(6-4-17)33-28-13-26-29-33/h2-10,12-15,35H,11H2,1H3/t15-,22-/m1/s1. The van der Waals surface area contributed by atoms with Crippen molar-refractivity contribution >= 4 is 0 Å². The Morgan fingerprint density at radius 2 is 1.80 bits per heavy atom. The summed E-state index contributed by atoms with van der Waals surface area (Å²) in [4.78, 5) is 18.5. The SMILES string of the molecule is C[C@@H](n1ccn(-c2ccc(-n3ncnn3)cc2)c1=O)[C@](O)(Cn1cncn1)c1ccc(F)cc1F. The van der Waals surface area contributed by atoms with E-state index in [0.717, 1.165) is 12.1 Å². The largest absolute Gasteiger partial charge is 0.381 e. The van der Waals surface area contributed by atoms with Gasteiger partial charge >= 0.3 is 5.69 Å². The number of hydrogen-bond donors (Lipinski definition) is 1. The summed E-state index contributed by atoms with van der Waals surface area (Å²) in [5.41, 5.74) is -1.40. The summed E-state index contributed by atoms with van der Waals surface area (Å²) in [6, 6.07) is 8.78. The van der Waals surface area contributed by atoms with Crippen LogP contribution in [-0.4, -0.2) is 49.2 Å². The molecule has 2 aromatic carbocycles. The first-order valence-electron chi connectivity index (χ1n) is 10.5. The average Bonchev–Trinajstić information content (AvgIpc) is 3.61. The van der Waals surface area contributed by atoms with Gasteiger partial charge in [-0.3, -0.25) is 9.13 Å². The molecule has 0 radical (unpaired) electrons. The smallest absolute Gasteiger partial charge is 0.333 e. The zero-order valence-corrected chi connectivity index (χ0v) is 18.3. The predicted molar refractivity (Wildman–Crippen MR) is 118 cm³/mol. The first-order valence-corrected chi connectivity index (χ1v) is 10.5. The molecule has 0 saturated heterocycles. The minimum Gasteiger partial charge on any atom is -0.381 e. The molecule has 0 spiro atoms. The summed E-state index contributed by atoms with van der Waals surface area (Å²) >= 11 is 0. The van der Waals surface area contributed by atoms with E-state index < -0.39 is 29.0 Å². The highest BCUT2D eigenvalue weighted by molar-refractivity contribution is 5.40. The Morgan fingerprint density at radius 1 is 1.03 bits per heavy atom. The van der Waals surface area contributed by atoms with Gasteiger partial charge in [0, 0.05) is 24.0 Å². The second kappa shape index (κ2) is 8.68. The molecule has 0 aliphatic heterocycles. The van der Waals surface area contributed by atoms with Crippen LogP contribution in [0.15, 0.2) is 78.6 Å². The van der Waals surface area contributed by atoms with Gasteiger partial charge in [-0.1, -0.05) is 6.07 Å². The van der Waals surface area contributed by atoms with E-state index >= 15 is 0 Å². The highest BCUT2D eigenvalue weighted by atomic mass is 19.1. The number of nitrogens with zero attached hydrogens (tertiary/aromatic N) is 9. The van der Waals surface area contributed by atoms with Crippen LogP contribution in [0.5, 0.6) is 0 Å². The van der Waals surface area contributed by atoms with Crippen molar-refractivity contribution in [3.8, 4) is 11.4 Å². The quantitative estimate of drug-likeness (QED) is 0.377. The third-order valence-electron chi connectivity index (χ3n) is 5.89. The van der Waals surface area contributed by atoms with Gasteiger partial charge in [0.1, 0.15) is 29.9 Å². The molecule has 5 rings (SSSR count). The van der Waals surface area contributed by atoms with Crippen LogP contribution >= 0.6 is 0 Å². The third kappa shape index (κ3) is 4.01. The first kappa shape index (κ1) is 22.3. The van der Waals surface area contributed by atoms with Gasteiger partial charge in [0.2, 0.25) is 0 Å². The normalized spacial score (nSPS) is 14.1. The van der Waals surface area contributed by atoms with E-state index in [-0.39, 0.29) is 12.1 Å². The van der Waals surface area contributed by atoms with Gasteiger partial charge < -0.3 is 5.11 Å². The molecule has 1 N–H and O–H groups in total. The number of aromatic nitrogens is 9. The summed E-state index contributed by atoms with van der Waals surface area (Å²) in [7, 11) is 0. The van der Waals surface area contributed by atoms with Gasteiger partial charge in [0.05, 0.1) is 24.0 Å². The Bertz CT molecular complexity index is 1490. The van der Waals surface area contributed by atoms with Crippen LogP contribution in [0.2, 0.25) is 0 Å². The van der Waals surface area contributed by atoms with E-state index in [0.29, 0.717) is 17.4 Å². The lowest BCUT2D eigenvalue weighted by Crippen LogP contribution is -2.43. The summed E-state index contributed by atoms with van der Waals surface area (Å²) in [5.74, 6) is -1.72. The molecular weight excluding hydrogens is 460 g/mol. The lowest BCUT2D eigenvalue weighted by molar-refractivity contribution is -0.0342. The van der Waals surface area contributed by atoms with Crippen molar-refractivity contribution in [3.63, 3.8) is 0 Å². The van der Waals surface area contributed by atoms with Crippen LogP contribution in [0, 0.1) is 11.6 Å². The third-order valence-corrected chi connectivity index (χ3v) is 5.89. The number of benzene rings is 2. The van der Waals surface area contributed by atoms with Crippen molar-refractivity contribution in [2.75, 3.05) is 0 Å². The van der Waals surface area contributed by atoms with Crippen LogP contribution in [0.4, 0.5) is 8.78 Å². The minimum absolute atomic E-state index is 0.175. The predicted octanol–water partition coefficient (Wildman–Crippen LogP) is 1.63. The number of tetrazole rings is 1. The highest BCUT2D eigenvalue weighted by Gasteiger charge is 2.41. The molecule has 2 atom stereocenters. The van der Waals surface area contributed by atoms with Crippen LogP contribution in [0.3, 0.4) is 0 Å². The Balaban J connectivity index is 1.53. The van der Waals surface area contributed by atoms with Crippen LogP contribution in [-0.2, 0) is 12.1 Å². The second-order valence-corrected chi connectivity index (χ2v) is 7.92. The van der Waals surface area contributed by atoms with Crippen LogP contribution in [0.1, 0.15) is 18.5 Å². The van der Waals surface area contributed by atoms with Gasteiger partial charge in [0.25, 0.3) is 0 Å². The van der Waals surface area contributed by atoms with Crippen molar-refractivity contribution in [3.05, 3.63) is 102 Å². The van der Waals surface area contributed by atoms with Crippen LogP contribution < -0.4 is 5.69 Å². The fraction of sp³-hybridized carbons (Fsp3) is 0.182. The molecule has 0 fully saturated rings. The Morgan fingerprint density at radius 3 is 2.46 bits per heavy atom. The van der Waals surface area contributed by atoms with E-state index in [4.69, 9.17) is 0 Å². The van der Waals surface area contributed by atoms with E-state index in [9.17, 15) is 18.7 Å². The molecule has 178 valence electrons. The van der Waals surface area contributed by atoms with Crippen molar-refractivity contribution in [1.82, 2.24) is 44.1 Å². The topological polar surface area (TPSA) is 121 Å². The maximum Gasteiger partial charge on any atom is 0.333 e. The van der Waals surface area contributed by atoms with Gasteiger partial charge in [-0.2, -0.15) is 5.10 Å². The number of halogens is 2. The van der Waals surface area contributed by atoms with Crippen molar-refractivity contribution in [2.45, 2.75) is 25.1 Å². The molecule has 13 heteroatoms. The molecule has 0 aliphatic carbocycles.